The van der Waals surface area contributed by atoms with Gasteiger partial charge in [-0.1, -0.05) is 13.3 Å². The summed E-state index contributed by atoms with van der Waals surface area (Å²) in [5.74, 6) is -0.147. The highest BCUT2D eigenvalue weighted by Crippen LogP contribution is 2.27. The lowest BCUT2D eigenvalue weighted by molar-refractivity contribution is -0.757. The number of unbranched alkanes of at least 4 members (excludes halogenated alkanes) is 2. The van der Waals surface area contributed by atoms with E-state index in [0.29, 0.717) is 36.3 Å². The van der Waals surface area contributed by atoms with Crippen LogP contribution in [0.15, 0.2) is 18.2 Å². The SMILES string of the molecule is CCCCN(C)CCOc1ccc2c(c1)C(=O)N(CCCCO[N+](=O)[O-])C2=O. The summed E-state index contributed by atoms with van der Waals surface area (Å²) in [4.78, 5) is 42.6. The first-order chi connectivity index (χ1) is 13.4. The average molecular weight is 393 g/mol. The fourth-order valence-corrected chi connectivity index (χ4v) is 2.93. The van der Waals surface area contributed by atoms with E-state index in [4.69, 9.17) is 4.74 Å². The molecule has 154 valence electrons. The van der Waals surface area contributed by atoms with E-state index in [1.807, 2.05) is 7.05 Å². The predicted octanol–water partition coefficient (Wildman–Crippen LogP) is 2.38. The van der Waals surface area contributed by atoms with Crippen LogP contribution in [-0.4, -0.2) is 66.6 Å². The molecule has 0 atom stereocenters. The first-order valence-electron chi connectivity index (χ1n) is 9.53. The van der Waals surface area contributed by atoms with Gasteiger partial charge in [0.25, 0.3) is 16.9 Å². The maximum absolute atomic E-state index is 12.5. The molecule has 9 nitrogen and oxygen atoms in total. The second kappa shape index (κ2) is 10.6. The first-order valence-corrected chi connectivity index (χ1v) is 9.53. The maximum Gasteiger partial charge on any atom is 0.294 e. The number of benzene rings is 1. The van der Waals surface area contributed by atoms with E-state index in [1.165, 1.54) is 4.90 Å². The van der Waals surface area contributed by atoms with E-state index in [0.717, 1.165) is 25.9 Å². The second-order valence-electron chi connectivity index (χ2n) is 6.74. The van der Waals surface area contributed by atoms with Crippen molar-refractivity contribution in [1.29, 1.82) is 0 Å². The lowest BCUT2D eigenvalue weighted by Gasteiger charge is -2.16. The third-order valence-electron chi connectivity index (χ3n) is 4.55. The summed E-state index contributed by atoms with van der Waals surface area (Å²) in [6.45, 7) is 4.59. The Morgan fingerprint density at radius 1 is 1.07 bits per heavy atom. The van der Waals surface area contributed by atoms with Crippen molar-refractivity contribution >= 4 is 11.8 Å². The summed E-state index contributed by atoms with van der Waals surface area (Å²) in [6, 6.07) is 4.92. The summed E-state index contributed by atoms with van der Waals surface area (Å²) < 4.78 is 5.73. The van der Waals surface area contributed by atoms with Crippen LogP contribution in [0.2, 0.25) is 0 Å². The van der Waals surface area contributed by atoms with Gasteiger partial charge in [-0.2, -0.15) is 0 Å². The number of amides is 2. The van der Waals surface area contributed by atoms with Crippen molar-refractivity contribution in [2.75, 3.05) is 39.9 Å². The average Bonchev–Trinajstić information content (AvgIpc) is 2.90. The van der Waals surface area contributed by atoms with Crippen molar-refractivity contribution in [1.82, 2.24) is 9.80 Å². The molecule has 2 amide bonds. The van der Waals surface area contributed by atoms with Crippen molar-refractivity contribution in [2.45, 2.75) is 32.6 Å². The Hall–Kier alpha value is -2.68. The standard InChI is InChI=1S/C19H27N3O6/c1-3-4-9-20(2)11-13-27-15-7-8-16-17(14-15)19(24)21(18(16)23)10-5-6-12-28-22(25)26/h7-8,14H,3-6,9-13H2,1-2H3. The lowest BCUT2D eigenvalue weighted by atomic mass is 10.1. The maximum atomic E-state index is 12.5. The Labute approximate surface area is 164 Å². The van der Waals surface area contributed by atoms with Gasteiger partial charge in [-0.3, -0.25) is 14.5 Å². The molecule has 1 aliphatic heterocycles. The number of carbonyl (C=O) groups excluding carboxylic acids is 2. The molecule has 0 saturated carbocycles. The molecule has 0 saturated heterocycles. The number of rotatable bonds is 13. The highest BCUT2D eigenvalue weighted by molar-refractivity contribution is 6.21. The van der Waals surface area contributed by atoms with Crippen LogP contribution in [-0.2, 0) is 4.84 Å². The van der Waals surface area contributed by atoms with Crippen LogP contribution >= 0.6 is 0 Å². The predicted molar refractivity (Wildman–Crippen MR) is 102 cm³/mol. The van der Waals surface area contributed by atoms with Gasteiger partial charge in [0.2, 0.25) is 0 Å². The number of nitrogens with zero attached hydrogens (tertiary/aromatic N) is 3. The van der Waals surface area contributed by atoms with Gasteiger partial charge in [-0.15, -0.1) is 10.1 Å². The number of imide groups is 1. The van der Waals surface area contributed by atoms with E-state index in [9.17, 15) is 19.7 Å². The van der Waals surface area contributed by atoms with Crippen LogP contribution in [0.3, 0.4) is 0 Å². The summed E-state index contributed by atoms with van der Waals surface area (Å²) in [6.07, 6.45) is 3.10. The minimum atomic E-state index is -0.856. The van der Waals surface area contributed by atoms with Gasteiger partial charge >= 0.3 is 0 Å². The Morgan fingerprint density at radius 2 is 1.82 bits per heavy atom. The molecule has 1 heterocycles. The molecule has 9 heteroatoms. The third-order valence-corrected chi connectivity index (χ3v) is 4.55. The zero-order chi connectivity index (χ0) is 20.5. The molecule has 0 aromatic heterocycles. The van der Waals surface area contributed by atoms with Gasteiger partial charge in [0.05, 0.1) is 17.7 Å². The van der Waals surface area contributed by atoms with Crippen molar-refractivity contribution in [3.63, 3.8) is 0 Å². The van der Waals surface area contributed by atoms with E-state index in [2.05, 4.69) is 16.7 Å². The minimum absolute atomic E-state index is 0.0547. The monoisotopic (exact) mass is 393 g/mol. The fourth-order valence-electron chi connectivity index (χ4n) is 2.93. The fraction of sp³-hybridized carbons (Fsp3) is 0.579. The van der Waals surface area contributed by atoms with Crippen molar-refractivity contribution < 1.29 is 24.3 Å². The zero-order valence-corrected chi connectivity index (χ0v) is 16.4. The quantitative estimate of drug-likeness (QED) is 0.219. The molecule has 0 bridgehead atoms. The summed E-state index contributed by atoms with van der Waals surface area (Å²) in [7, 11) is 2.04. The molecule has 1 aromatic rings. The number of carbonyl (C=O) groups is 2. The summed E-state index contributed by atoms with van der Waals surface area (Å²) >= 11 is 0. The minimum Gasteiger partial charge on any atom is -0.492 e. The van der Waals surface area contributed by atoms with Gasteiger partial charge in [-0.05, 0) is 51.1 Å². The summed E-state index contributed by atoms with van der Waals surface area (Å²) in [5.41, 5.74) is 0.697. The van der Waals surface area contributed by atoms with Gasteiger partial charge in [0, 0.05) is 13.1 Å². The third kappa shape index (κ3) is 5.91. The van der Waals surface area contributed by atoms with Gasteiger partial charge < -0.3 is 14.5 Å². The number of ether oxygens (including phenoxy) is 1. The first kappa shape index (κ1) is 21.6. The Bertz CT molecular complexity index is 709. The molecular weight excluding hydrogens is 366 g/mol. The van der Waals surface area contributed by atoms with E-state index >= 15 is 0 Å². The van der Waals surface area contributed by atoms with Gasteiger partial charge in [-0.25, -0.2) is 0 Å². The highest BCUT2D eigenvalue weighted by atomic mass is 16.9. The van der Waals surface area contributed by atoms with Crippen LogP contribution in [0, 0.1) is 10.1 Å². The number of fused-ring (bicyclic) bond motifs is 1. The molecule has 2 rings (SSSR count). The molecule has 0 N–H and O–H groups in total. The van der Waals surface area contributed by atoms with Crippen molar-refractivity contribution in [2.24, 2.45) is 0 Å². The number of hydrogen-bond donors (Lipinski definition) is 0. The molecule has 0 fully saturated rings. The van der Waals surface area contributed by atoms with Crippen LogP contribution in [0.5, 0.6) is 5.75 Å². The molecule has 0 unspecified atom stereocenters. The second-order valence-corrected chi connectivity index (χ2v) is 6.74. The normalized spacial score (nSPS) is 13.2. The Balaban J connectivity index is 1.85. The van der Waals surface area contributed by atoms with Crippen LogP contribution < -0.4 is 4.74 Å². The molecule has 28 heavy (non-hydrogen) atoms. The largest absolute Gasteiger partial charge is 0.492 e. The molecule has 0 aliphatic carbocycles. The molecule has 1 aliphatic rings. The zero-order valence-electron chi connectivity index (χ0n) is 16.4. The number of likely N-dealkylation sites (N-methyl/N-ethyl adjacent to an activating group) is 1. The van der Waals surface area contributed by atoms with Crippen LogP contribution in [0.25, 0.3) is 0 Å². The molecule has 1 aromatic carbocycles. The van der Waals surface area contributed by atoms with Crippen molar-refractivity contribution in [3.05, 3.63) is 39.4 Å². The van der Waals surface area contributed by atoms with Crippen molar-refractivity contribution in [3.8, 4) is 5.75 Å². The van der Waals surface area contributed by atoms with E-state index in [-0.39, 0.29) is 25.0 Å². The van der Waals surface area contributed by atoms with Crippen LogP contribution in [0.1, 0.15) is 53.3 Å². The Morgan fingerprint density at radius 3 is 2.54 bits per heavy atom. The number of hydrogen-bond acceptors (Lipinski definition) is 7. The summed E-state index contributed by atoms with van der Waals surface area (Å²) in [5, 5.41) is 9.26. The molecule has 0 spiro atoms. The van der Waals surface area contributed by atoms with Crippen LogP contribution in [0.4, 0.5) is 0 Å². The highest BCUT2D eigenvalue weighted by Gasteiger charge is 2.35. The topological polar surface area (TPSA) is 102 Å². The molecular formula is C19H27N3O6. The van der Waals surface area contributed by atoms with E-state index in [1.54, 1.807) is 18.2 Å². The smallest absolute Gasteiger partial charge is 0.294 e. The van der Waals surface area contributed by atoms with Gasteiger partial charge in [0.1, 0.15) is 12.4 Å². The lowest BCUT2D eigenvalue weighted by Crippen LogP contribution is -2.30. The van der Waals surface area contributed by atoms with Gasteiger partial charge in [0.15, 0.2) is 0 Å². The Kier molecular flexibility index (Phi) is 8.19. The molecule has 0 radical (unpaired) electrons. The van der Waals surface area contributed by atoms with E-state index < -0.39 is 5.09 Å².